The number of rotatable bonds is 2. The van der Waals surface area contributed by atoms with Gasteiger partial charge in [-0.1, -0.05) is 20.8 Å². The third kappa shape index (κ3) is 2.61. The minimum Gasteiger partial charge on any atom is -0.333 e. The Balaban J connectivity index is 2.82. The highest BCUT2D eigenvalue weighted by Gasteiger charge is 2.11. The lowest BCUT2D eigenvalue weighted by Crippen LogP contribution is -2.26. The van der Waals surface area contributed by atoms with E-state index in [1.807, 2.05) is 11.6 Å². The molecule has 0 fully saturated rings. The summed E-state index contributed by atoms with van der Waals surface area (Å²) in [5.74, 6) is 0. The van der Waals surface area contributed by atoms with Crippen LogP contribution in [-0.4, -0.2) is 16.2 Å². The van der Waals surface area contributed by atoms with Gasteiger partial charge >= 0.3 is 0 Å². The lowest BCUT2D eigenvalue weighted by Gasteiger charge is -2.20. The van der Waals surface area contributed by atoms with E-state index in [0.717, 1.165) is 22.7 Å². The van der Waals surface area contributed by atoms with Crippen molar-refractivity contribution >= 4 is 12.2 Å². The summed E-state index contributed by atoms with van der Waals surface area (Å²) in [6.45, 7) is 11.6. The van der Waals surface area contributed by atoms with E-state index in [0.29, 0.717) is 0 Å². The lowest BCUT2D eigenvalue weighted by molar-refractivity contribution is 0.425. The van der Waals surface area contributed by atoms with Gasteiger partial charge in [0.2, 0.25) is 0 Å². The van der Waals surface area contributed by atoms with E-state index >= 15 is 0 Å². The highest BCUT2D eigenvalue weighted by molar-refractivity contribution is 7.71. The SMILES string of the molecule is Cc1[nH]c(=S)n(NCC(C)(C)C)c1C. The molecule has 0 aliphatic heterocycles. The number of aromatic amines is 1. The van der Waals surface area contributed by atoms with Gasteiger partial charge < -0.3 is 10.4 Å². The highest BCUT2D eigenvalue weighted by atomic mass is 32.1. The Hall–Kier alpha value is -0.770. The molecule has 14 heavy (non-hydrogen) atoms. The molecule has 0 saturated carbocycles. The minimum atomic E-state index is 0.256. The van der Waals surface area contributed by atoms with Gasteiger partial charge in [0.15, 0.2) is 4.77 Å². The number of aromatic nitrogens is 2. The van der Waals surface area contributed by atoms with E-state index in [9.17, 15) is 0 Å². The van der Waals surface area contributed by atoms with E-state index < -0.39 is 0 Å². The first-order valence-corrected chi connectivity index (χ1v) is 5.24. The zero-order chi connectivity index (χ0) is 10.9. The van der Waals surface area contributed by atoms with Gasteiger partial charge in [0, 0.05) is 12.2 Å². The van der Waals surface area contributed by atoms with Crippen LogP contribution in [0.15, 0.2) is 0 Å². The first-order chi connectivity index (χ1) is 6.31. The van der Waals surface area contributed by atoms with E-state index in [-0.39, 0.29) is 5.41 Å². The second-order valence-corrected chi connectivity index (χ2v) is 5.26. The molecule has 4 heteroatoms. The van der Waals surface area contributed by atoms with Gasteiger partial charge in [0.25, 0.3) is 0 Å². The average Bonchev–Trinajstić information content (AvgIpc) is 2.23. The molecule has 3 nitrogen and oxygen atoms in total. The van der Waals surface area contributed by atoms with Gasteiger partial charge in [0.1, 0.15) is 0 Å². The monoisotopic (exact) mass is 213 g/mol. The van der Waals surface area contributed by atoms with E-state index in [1.165, 1.54) is 0 Å². The van der Waals surface area contributed by atoms with E-state index in [4.69, 9.17) is 12.2 Å². The molecule has 0 amide bonds. The Kier molecular flexibility index (Phi) is 3.04. The largest absolute Gasteiger partial charge is 0.333 e. The fourth-order valence-corrected chi connectivity index (χ4v) is 1.49. The van der Waals surface area contributed by atoms with Crippen LogP contribution < -0.4 is 5.43 Å². The molecule has 1 aromatic rings. The molecule has 0 unspecified atom stereocenters. The fourth-order valence-electron chi connectivity index (χ4n) is 1.13. The van der Waals surface area contributed by atoms with Gasteiger partial charge in [-0.05, 0) is 31.5 Å². The van der Waals surface area contributed by atoms with Gasteiger partial charge in [-0.3, -0.25) is 0 Å². The topological polar surface area (TPSA) is 32.8 Å². The first kappa shape index (κ1) is 11.3. The second-order valence-electron chi connectivity index (χ2n) is 4.87. The van der Waals surface area contributed by atoms with E-state index in [2.05, 4.69) is 38.1 Å². The van der Waals surface area contributed by atoms with Crippen molar-refractivity contribution in [3.63, 3.8) is 0 Å². The third-order valence-electron chi connectivity index (χ3n) is 2.14. The maximum Gasteiger partial charge on any atom is 0.196 e. The summed E-state index contributed by atoms with van der Waals surface area (Å²) < 4.78 is 2.68. The van der Waals surface area contributed by atoms with Crippen LogP contribution in [0.25, 0.3) is 0 Å². The second kappa shape index (κ2) is 3.77. The predicted molar refractivity (Wildman–Crippen MR) is 62.8 cm³/mol. The summed E-state index contributed by atoms with van der Waals surface area (Å²) in [7, 11) is 0. The normalized spacial score (nSPS) is 11.8. The Morgan fingerprint density at radius 2 is 1.93 bits per heavy atom. The maximum atomic E-state index is 5.19. The third-order valence-corrected chi connectivity index (χ3v) is 2.43. The summed E-state index contributed by atoms with van der Waals surface area (Å²) in [5.41, 5.74) is 5.85. The molecule has 1 aromatic heterocycles. The number of H-pyrrole nitrogens is 1. The number of aryl methyl sites for hydroxylation is 1. The van der Waals surface area contributed by atoms with Crippen molar-refractivity contribution in [3.05, 3.63) is 16.2 Å². The number of hydrogen-bond donors (Lipinski definition) is 2. The van der Waals surface area contributed by atoms with Crippen LogP contribution in [0, 0.1) is 24.0 Å². The molecule has 0 spiro atoms. The maximum absolute atomic E-state index is 5.19. The van der Waals surface area contributed by atoms with Crippen LogP contribution in [0.3, 0.4) is 0 Å². The van der Waals surface area contributed by atoms with Crippen LogP contribution >= 0.6 is 12.2 Å². The molecule has 1 heterocycles. The molecular weight excluding hydrogens is 194 g/mol. The molecule has 0 aliphatic rings. The van der Waals surface area contributed by atoms with Crippen molar-refractivity contribution in [1.82, 2.24) is 9.66 Å². The zero-order valence-corrected chi connectivity index (χ0v) is 10.4. The van der Waals surface area contributed by atoms with Crippen molar-refractivity contribution in [2.45, 2.75) is 34.6 Å². The molecule has 2 N–H and O–H groups in total. The van der Waals surface area contributed by atoms with Gasteiger partial charge in [-0.25, -0.2) is 4.68 Å². The Bertz CT molecular complexity index is 368. The van der Waals surface area contributed by atoms with Crippen molar-refractivity contribution < 1.29 is 0 Å². The molecule has 0 aromatic carbocycles. The predicted octanol–water partition coefficient (Wildman–Crippen LogP) is 2.75. The molecule has 0 radical (unpaired) electrons. The molecule has 0 atom stereocenters. The molecule has 0 bridgehead atoms. The van der Waals surface area contributed by atoms with Crippen molar-refractivity contribution in [1.29, 1.82) is 0 Å². The highest BCUT2D eigenvalue weighted by Crippen LogP contribution is 2.12. The molecule has 0 aliphatic carbocycles. The summed E-state index contributed by atoms with van der Waals surface area (Å²) >= 11 is 5.19. The summed E-state index contributed by atoms with van der Waals surface area (Å²) in [4.78, 5) is 3.13. The fraction of sp³-hybridized carbons (Fsp3) is 0.700. The van der Waals surface area contributed by atoms with Gasteiger partial charge in [-0.2, -0.15) is 0 Å². The molecular formula is C10H19N3S. The van der Waals surface area contributed by atoms with Crippen LogP contribution in [0.1, 0.15) is 32.2 Å². The van der Waals surface area contributed by atoms with Crippen LogP contribution in [-0.2, 0) is 0 Å². The molecule has 0 saturated heterocycles. The number of hydrogen-bond acceptors (Lipinski definition) is 2. The van der Waals surface area contributed by atoms with Crippen molar-refractivity contribution in [2.24, 2.45) is 5.41 Å². The van der Waals surface area contributed by atoms with Crippen molar-refractivity contribution in [3.8, 4) is 0 Å². The molecule has 80 valence electrons. The summed E-state index contributed by atoms with van der Waals surface area (Å²) in [5, 5.41) is 0. The average molecular weight is 213 g/mol. The zero-order valence-electron chi connectivity index (χ0n) is 9.56. The molecule has 1 rings (SSSR count). The lowest BCUT2D eigenvalue weighted by atomic mass is 9.97. The van der Waals surface area contributed by atoms with Crippen LogP contribution in [0.4, 0.5) is 0 Å². The van der Waals surface area contributed by atoms with Gasteiger partial charge in [-0.15, -0.1) is 0 Å². The van der Waals surface area contributed by atoms with Gasteiger partial charge in [0.05, 0.1) is 5.69 Å². The van der Waals surface area contributed by atoms with Crippen molar-refractivity contribution in [2.75, 3.05) is 12.0 Å². The van der Waals surface area contributed by atoms with E-state index in [1.54, 1.807) is 0 Å². The number of imidazole rings is 1. The van der Waals surface area contributed by atoms with Crippen LogP contribution in [0.2, 0.25) is 0 Å². The summed E-state index contributed by atoms with van der Waals surface area (Å²) in [6.07, 6.45) is 0. The Labute approximate surface area is 90.5 Å². The minimum absolute atomic E-state index is 0.256. The number of nitrogens with one attached hydrogen (secondary N) is 2. The summed E-state index contributed by atoms with van der Waals surface area (Å²) in [6, 6.07) is 0. The Morgan fingerprint density at radius 1 is 1.36 bits per heavy atom. The number of nitrogens with zero attached hydrogens (tertiary/aromatic N) is 1. The Morgan fingerprint density at radius 3 is 2.29 bits per heavy atom. The standard InChI is InChI=1S/C10H19N3S/c1-7-8(2)13(9(14)12-7)11-6-10(3,4)5/h11H,6H2,1-5H3,(H,12,14). The first-order valence-electron chi connectivity index (χ1n) is 4.83. The quantitative estimate of drug-likeness (QED) is 0.740. The smallest absolute Gasteiger partial charge is 0.196 e. The van der Waals surface area contributed by atoms with Crippen LogP contribution in [0.5, 0.6) is 0 Å².